The van der Waals surface area contributed by atoms with Crippen LogP contribution in [0.1, 0.15) is 5.56 Å². The first-order valence-electron chi connectivity index (χ1n) is 9.09. The van der Waals surface area contributed by atoms with Crippen molar-refractivity contribution in [3.05, 3.63) is 95.4 Å². The molecule has 2 heterocycles. The lowest BCUT2D eigenvalue weighted by atomic mass is 10.2. The molecule has 0 spiro atoms. The van der Waals surface area contributed by atoms with E-state index in [1.165, 1.54) is 10.7 Å². The Morgan fingerprint density at radius 2 is 1.66 bits per heavy atom. The predicted molar refractivity (Wildman–Crippen MR) is 112 cm³/mol. The number of nitrogens with zero attached hydrogens (tertiary/aromatic N) is 3. The van der Waals surface area contributed by atoms with Crippen molar-refractivity contribution in [2.45, 2.75) is 6.61 Å². The minimum Gasteiger partial charge on any atom is -0.472 e. The van der Waals surface area contributed by atoms with E-state index in [0.29, 0.717) is 28.7 Å². The Hall–Kier alpha value is -3.44. The van der Waals surface area contributed by atoms with Crippen LogP contribution in [0.4, 0.5) is 4.39 Å². The predicted octanol–water partition coefficient (Wildman–Crippen LogP) is 5.95. The summed E-state index contributed by atoms with van der Waals surface area (Å²) < 4.78 is 22.2. The van der Waals surface area contributed by atoms with Gasteiger partial charge in [-0.3, -0.25) is 4.98 Å². The maximum absolute atomic E-state index is 14.6. The Morgan fingerprint density at radius 3 is 2.48 bits per heavy atom. The number of aromatic nitrogens is 3. The van der Waals surface area contributed by atoms with Gasteiger partial charge in [-0.2, -0.15) is 9.78 Å². The van der Waals surface area contributed by atoms with E-state index in [2.05, 4.69) is 10.1 Å². The zero-order chi connectivity index (χ0) is 19.8. The number of hydrogen-bond donors (Lipinski definition) is 0. The van der Waals surface area contributed by atoms with Crippen LogP contribution in [0, 0.1) is 5.82 Å². The zero-order valence-corrected chi connectivity index (χ0v) is 16.0. The first kappa shape index (κ1) is 17.6. The van der Waals surface area contributed by atoms with Crippen molar-refractivity contribution in [2.24, 2.45) is 0 Å². The molecule has 0 amide bonds. The first-order chi connectivity index (χ1) is 14.2. The van der Waals surface area contributed by atoms with Crippen molar-refractivity contribution in [3.8, 4) is 11.6 Å². The number of ether oxygens (including phenoxy) is 1. The molecule has 6 heteroatoms. The molecule has 5 aromatic rings. The standard InChI is InChI=1S/C23H15ClFN3O/c24-16-11-9-15(10-12-16)14-29-23-18-13-26-20-7-3-1-5-17(20)22(18)27-28(23)21-8-4-2-6-19(21)25/h1-13H,14H2. The Bertz CT molecular complexity index is 1330. The lowest BCUT2D eigenvalue weighted by Crippen LogP contribution is -2.05. The Kier molecular flexibility index (Phi) is 4.37. The Labute approximate surface area is 171 Å². The summed E-state index contributed by atoms with van der Waals surface area (Å²) in [6.45, 7) is 0.291. The van der Waals surface area contributed by atoms with Crippen molar-refractivity contribution < 1.29 is 9.13 Å². The SMILES string of the molecule is Fc1ccccc1-n1nc2c(cnc3ccccc32)c1OCc1ccc(Cl)cc1. The summed E-state index contributed by atoms with van der Waals surface area (Å²) in [6, 6.07) is 21.6. The zero-order valence-electron chi connectivity index (χ0n) is 15.2. The minimum absolute atomic E-state index is 0.291. The number of pyridine rings is 1. The van der Waals surface area contributed by atoms with Crippen molar-refractivity contribution >= 4 is 33.4 Å². The van der Waals surface area contributed by atoms with Gasteiger partial charge in [0.25, 0.3) is 0 Å². The highest BCUT2D eigenvalue weighted by molar-refractivity contribution is 6.30. The maximum Gasteiger partial charge on any atom is 0.226 e. The smallest absolute Gasteiger partial charge is 0.226 e. The van der Waals surface area contributed by atoms with Crippen LogP contribution in [-0.4, -0.2) is 14.8 Å². The molecule has 0 bridgehead atoms. The van der Waals surface area contributed by atoms with Gasteiger partial charge in [0.05, 0.1) is 10.9 Å². The molecule has 29 heavy (non-hydrogen) atoms. The summed E-state index contributed by atoms with van der Waals surface area (Å²) in [6.07, 6.45) is 1.72. The fourth-order valence-electron chi connectivity index (χ4n) is 3.31. The molecule has 0 unspecified atom stereocenters. The second-order valence-corrected chi connectivity index (χ2v) is 7.06. The third kappa shape index (κ3) is 3.19. The van der Waals surface area contributed by atoms with Gasteiger partial charge in [-0.05, 0) is 35.9 Å². The van der Waals surface area contributed by atoms with E-state index in [9.17, 15) is 4.39 Å². The summed E-state index contributed by atoms with van der Waals surface area (Å²) in [5.74, 6) is 0.0622. The van der Waals surface area contributed by atoms with Gasteiger partial charge in [0.15, 0.2) is 0 Å². The van der Waals surface area contributed by atoms with E-state index in [0.717, 1.165) is 21.9 Å². The van der Waals surface area contributed by atoms with Crippen LogP contribution >= 0.6 is 11.6 Å². The first-order valence-corrected chi connectivity index (χ1v) is 9.47. The number of benzene rings is 3. The molecule has 5 rings (SSSR count). The average molecular weight is 404 g/mol. The summed E-state index contributed by atoms with van der Waals surface area (Å²) >= 11 is 5.96. The molecule has 4 nitrogen and oxygen atoms in total. The van der Waals surface area contributed by atoms with Gasteiger partial charge < -0.3 is 4.74 Å². The van der Waals surface area contributed by atoms with Crippen molar-refractivity contribution in [1.29, 1.82) is 0 Å². The molecule has 0 N–H and O–H groups in total. The topological polar surface area (TPSA) is 39.9 Å². The lowest BCUT2D eigenvalue weighted by Gasteiger charge is -2.10. The fourth-order valence-corrected chi connectivity index (χ4v) is 3.43. The second kappa shape index (κ2) is 7.18. The number of para-hydroxylation sites is 2. The normalized spacial score (nSPS) is 11.2. The van der Waals surface area contributed by atoms with Crippen molar-refractivity contribution in [2.75, 3.05) is 0 Å². The van der Waals surface area contributed by atoms with Crippen molar-refractivity contribution in [3.63, 3.8) is 0 Å². The molecule has 0 aliphatic carbocycles. The molecule has 0 saturated carbocycles. The van der Waals surface area contributed by atoms with Crippen LogP contribution in [0.25, 0.3) is 27.5 Å². The van der Waals surface area contributed by atoms with E-state index >= 15 is 0 Å². The molecule has 0 saturated heterocycles. The van der Waals surface area contributed by atoms with Gasteiger partial charge in [0, 0.05) is 16.6 Å². The van der Waals surface area contributed by atoms with Gasteiger partial charge >= 0.3 is 0 Å². The Balaban J connectivity index is 1.68. The summed E-state index contributed by atoms with van der Waals surface area (Å²) in [5.41, 5.74) is 2.80. The van der Waals surface area contributed by atoms with Crippen LogP contribution < -0.4 is 4.74 Å². The number of rotatable bonds is 4. The van der Waals surface area contributed by atoms with E-state index in [1.54, 1.807) is 24.4 Å². The molecule has 0 atom stereocenters. The molecular weight excluding hydrogens is 389 g/mol. The van der Waals surface area contributed by atoms with Gasteiger partial charge in [-0.25, -0.2) is 4.39 Å². The van der Waals surface area contributed by atoms with E-state index in [-0.39, 0.29) is 5.82 Å². The number of hydrogen-bond acceptors (Lipinski definition) is 3. The van der Waals surface area contributed by atoms with Gasteiger partial charge in [0.1, 0.15) is 23.6 Å². The van der Waals surface area contributed by atoms with Gasteiger partial charge in [-0.15, -0.1) is 0 Å². The third-order valence-electron chi connectivity index (χ3n) is 4.74. The quantitative estimate of drug-likeness (QED) is 0.372. The minimum atomic E-state index is -0.381. The number of halogens is 2. The van der Waals surface area contributed by atoms with Crippen LogP contribution in [0.5, 0.6) is 5.88 Å². The van der Waals surface area contributed by atoms with Crippen LogP contribution in [-0.2, 0) is 6.61 Å². The van der Waals surface area contributed by atoms with E-state index < -0.39 is 0 Å². The largest absolute Gasteiger partial charge is 0.472 e. The average Bonchev–Trinajstić information content (AvgIpc) is 3.12. The van der Waals surface area contributed by atoms with Gasteiger partial charge in [-0.1, -0.05) is 54.1 Å². The van der Waals surface area contributed by atoms with Crippen LogP contribution in [0.2, 0.25) is 5.02 Å². The molecule has 0 fully saturated rings. The summed E-state index contributed by atoms with van der Waals surface area (Å²) in [4.78, 5) is 4.52. The Morgan fingerprint density at radius 1 is 0.897 bits per heavy atom. The highest BCUT2D eigenvalue weighted by Crippen LogP contribution is 2.33. The molecule has 3 aromatic carbocycles. The van der Waals surface area contributed by atoms with E-state index in [4.69, 9.17) is 16.3 Å². The molecule has 0 aliphatic rings. The van der Waals surface area contributed by atoms with Crippen LogP contribution in [0.3, 0.4) is 0 Å². The van der Waals surface area contributed by atoms with Gasteiger partial charge in [0.2, 0.25) is 5.88 Å². The maximum atomic E-state index is 14.6. The lowest BCUT2D eigenvalue weighted by molar-refractivity contribution is 0.287. The summed E-state index contributed by atoms with van der Waals surface area (Å²) in [5, 5.41) is 6.96. The molecule has 0 radical (unpaired) electrons. The number of fused-ring (bicyclic) bond motifs is 3. The fraction of sp³-hybridized carbons (Fsp3) is 0.0435. The summed E-state index contributed by atoms with van der Waals surface area (Å²) in [7, 11) is 0. The highest BCUT2D eigenvalue weighted by atomic mass is 35.5. The second-order valence-electron chi connectivity index (χ2n) is 6.62. The highest BCUT2D eigenvalue weighted by Gasteiger charge is 2.19. The van der Waals surface area contributed by atoms with E-state index in [1.807, 2.05) is 48.5 Å². The monoisotopic (exact) mass is 403 g/mol. The molecular formula is C23H15ClFN3O. The molecule has 2 aromatic heterocycles. The molecule has 142 valence electrons. The third-order valence-corrected chi connectivity index (χ3v) is 4.99. The van der Waals surface area contributed by atoms with Crippen LogP contribution in [0.15, 0.2) is 79.0 Å². The van der Waals surface area contributed by atoms with Crippen molar-refractivity contribution in [1.82, 2.24) is 14.8 Å². The molecule has 0 aliphatic heterocycles.